The lowest BCUT2D eigenvalue weighted by Gasteiger charge is -2.17. The predicted molar refractivity (Wildman–Crippen MR) is 101 cm³/mol. The molecule has 4 nitrogen and oxygen atoms in total. The molecule has 1 N–H and O–H groups in total. The van der Waals surface area contributed by atoms with Crippen LogP contribution in [-0.4, -0.2) is 35.0 Å². The van der Waals surface area contributed by atoms with E-state index in [-0.39, 0.29) is 11.8 Å². The zero-order valence-electron chi connectivity index (χ0n) is 15.3. The summed E-state index contributed by atoms with van der Waals surface area (Å²) in [5.41, 5.74) is 4.54. The summed E-state index contributed by atoms with van der Waals surface area (Å²) in [7, 11) is 0. The lowest BCUT2D eigenvalue weighted by Crippen LogP contribution is -2.30. The van der Waals surface area contributed by atoms with Gasteiger partial charge in [0.1, 0.15) is 0 Å². The Morgan fingerprint density at radius 3 is 2.31 bits per heavy atom. The molecule has 1 saturated heterocycles. The molecule has 1 aliphatic heterocycles. The molecule has 136 valence electrons. The lowest BCUT2D eigenvalue weighted by molar-refractivity contribution is -0.141. The molecule has 1 aliphatic rings. The first-order valence-electron chi connectivity index (χ1n) is 9.06. The van der Waals surface area contributed by atoms with Gasteiger partial charge in [0, 0.05) is 25.4 Å². The molecule has 26 heavy (non-hydrogen) atoms. The van der Waals surface area contributed by atoms with Gasteiger partial charge in [0.15, 0.2) is 0 Å². The monoisotopic (exact) mass is 351 g/mol. The van der Waals surface area contributed by atoms with Gasteiger partial charge in [0.25, 0.3) is 0 Å². The average molecular weight is 351 g/mol. The standard InChI is InChI=1S/C22H25NO3/c1-15-10-16(2)12-17(11-15)8-9-21(24)23-13-19(20(14-23)22(25)26)18-6-4-3-5-7-18/h3-7,10-12,19-20H,8-9,13-14H2,1-2H3,(H,25,26)/t19-,20-/m0/s1. The third kappa shape index (κ3) is 4.13. The molecule has 2 aromatic rings. The fourth-order valence-corrected chi connectivity index (χ4v) is 3.92. The van der Waals surface area contributed by atoms with Crippen molar-refractivity contribution >= 4 is 11.9 Å². The molecular formula is C22H25NO3. The van der Waals surface area contributed by atoms with Crippen molar-refractivity contribution in [2.45, 2.75) is 32.6 Å². The van der Waals surface area contributed by atoms with Crippen LogP contribution in [0.25, 0.3) is 0 Å². The summed E-state index contributed by atoms with van der Waals surface area (Å²) in [4.78, 5) is 26.1. The first kappa shape index (κ1) is 18.2. The fourth-order valence-electron chi connectivity index (χ4n) is 3.92. The Hall–Kier alpha value is -2.62. The van der Waals surface area contributed by atoms with Gasteiger partial charge < -0.3 is 10.0 Å². The number of carboxylic acid groups (broad SMARTS) is 1. The number of benzene rings is 2. The first-order chi connectivity index (χ1) is 12.4. The van der Waals surface area contributed by atoms with Crippen LogP contribution in [0.1, 0.15) is 34.6 Å². The summed E-state index contributed by atoms with van der Waals surface area (Å²) in [5, 5.41) is 9.58. The van der Waals surface area contributed by atoms with E-state index in [1.54, 1.807) is 4.90 Å². The van der Waals surface area contributed by atoms with Gasteiger partial charge in [0.05, 0.1) is 5.92 Å². The van der Waals surface area contributed by atoms with E-state index in [2.05, 4.69) is 32.0 Å². The van der Waals surface area contributed by atoms with Crippen LogP contribution in [0.4, 0.5) is 0 Å². The SMILES string of the molecule is Cc1cc(C)cc(CCC(=O)N2C[C@H](C(=O)O)[C@H](c3ccccc3)C2)c1. The van der Waals surface area contributed by atoms with Crippen LogP contribution in [0.5, 0.6) is 0 Å². The molecule has 0 radical (unpaired) electrons. The second-order valence-electron chi connectivity index (χ2n) is 7.26. The Balaban J connectivity index is 1.67. The number of amides is 1. The number of rotatable bonds is 5. The van der Waals surface area contributed by atoms with Gasteiger partial charge in [-0.1, -0.05) is 59.7 Å². The number of aryl methyl sites for hydroxylation is 3. The van der Waals surface area contributed by atoms with Crippen molar-refractivity contribution in [2.75, 3.05) is 13.1 Å². The molecule has 1 amide bonds. The number of carbonyl (C=O) groups excluding carboxylic acids is 1. The summed E-state index contributed by atoms with van der Waals surface area (Å²) in [6, 6.07) is 16.0. The van der Waals surface area contributed by atoms with E-state index in [4.69, 9.17) is 0 Å². The molecule has 3 rings (SSSR count). The maximum absolute atomic E-state index is 12.7. The van der Waals surface area contributed by atoms with Gasteiger partial charge in [-0.25, -0.2) is 0 Å². The number of hydrogen-bond donors (Lipinski definition) is 1. The Kier molecular flexibility index (Phi) is 5.40. The Morgan fingerprint density at radius 1 is 1.04 bits per heavy atom. The van der Waals surface area contributed by atoms with Crippen LogP contribution in [0.3, 0.4) is 0 Å². The van der Waals surface area contributed by atoms with Crippen molar-refractivity contribution in [1.82, 2.24) is 4.90 Å². The molecule has 1 heterocycles. The minimum atomic E-state index is -0.830. The van der Waals surface area contributed by atoms with E-state index in [0.29, 0.717) is 25.9 Å². The minimum Gasteiger partial charge on any atom is -0.481 e. The van der Waals surface area contributed by atoms with Crippen LogP contribution in [0.2, 0.25) is 0 Å². The normalized spacial score (nSPS) is 19.5. The van der Waals surface area contributed by atoms with Crippen LogP contribution < -0.4 is 0 Å². The number of carboxylic acids is 1. The van der Waals surface area contributed by atoms with E-state index in [0.717, 1.165) is 11.1 Å². The van der Waals surface area contributed by atoms with Crippen molar-refractivity contribution in [3.05, 3.63) is 70.8 Å². The van der Waals surface area contributed by atoms with E-state index >= 15 is 0 Å². The van der Waals surface area contributed by atoms with Crippen molar-refractivity contribution in [3.8, 4) is 0 Å². The van der Waals surface area contributed by atoms with Crippen molar-refractivity contribution in [2.24, 2.45) is 5.92 Å². The highest BCUT2D eigenvalue weighted by Gasteiger charge is 2.40. The summed E-state index contributed by atoms with van der Waals surface area (Å²) in [6.07, 6.45) is 1.10. The molecule has 0 aromatic heterocycles. The highest BCUT2D eigenvalue weighted by atomic mass is 16.4. The Morgan fingerprint density at radius 2 is 1.69 bits per heavy atom. The summed E-state index contributed by atoms with van der Waals surface area (Å²) in [5.74, 6) is -1.47. The zero-order chi connectivity index (χ0) is 18.7. The van der Waals surface area contributed by atoms with Gasteiger partial charge >= 0.3 is 5.97 Å². The third-order valence-corrected chi connectivity index (χ3v) is 5.13. The second-order valence-corrected chi connectivity index (χ2v) is 7.26. The second kappa shape index (κ2) is 7.73. The van der Waals surface area contributed by atoms with Crippen LogP contribution >= 0.6 is 0 Å². The summed E-state index contributed by atoms with van der Waals surface area (Å²) < 4.78 is 0. The highest BCUT2D eigenvalue weighted by molar-refractivity contribution is 5.80. The van der Waals surface area contributed by atoms with Crippen LogP contribution in [0, 0.1) is 19.8 Å². The number of aliphatic carboxylic acids is 1. The third-order valence-electron chi connectivity index (χ3n) is 5.13. The molecule has 2 atom stereocenters. The van der Waals surface area contributed by atoms with Gasteiger partial charge in [-0.2, -0.15) is 0 Å². The van der Waals surface area contributed by atoms with Crippen LogP contribution in [-0.2, 0) is 16.0 Å². The largest absolute Gasteiger partial charge is 0.481 e. The molecule has 2 aromatic carbocycles. The molecule has 0 unspecified atom stereocenters. The Bertz CT molecular complexity index is 780. The van der Waals surface area contributed by atoms with E-state index < -0.39 is 11.9 Å². The van der Waals surface area contributed by atoms with Crippen molar-refractivity contribution < 1.29 is 14.7 Å². The predicted octanol–water partition coefficient (Wildman–Crippen LogP) is 3.56. The molecule has 0 spiro atoms. The van der Waals surface area contributed by atoms with Crippen molar-refractivity contribution in [3.63, 3.8) is 0 Å². The minimum absolute atomic E-state index is 0.0360. The molecular weight excluding hydrogens is 326 g/mol. The van der Waals surface area contributed by atoms with E-state index in [9.17, 15) is 14.7 Å². The molecule has 0 saturated carbocycles. The molecule has 0 bridgehead atoms. The molecule has 4 heteroatoms. The average Bonchev–Trinajstić information content (AvgIpc) is 3.05. The van der Waals surface area contributed by atoms with Gasteiger partial charge in [-0.3, -0.25) is 9.59 Å². The maximum Gasteiger partial charge on any atom is 0.308 e. The number of likely N-dealkylation sites (tertiary alicyclic amines) is 1. The number of carbonyl (C=O) groups is 2. The molecule has 0 aliphatic carbocycles. The Labute approximate surface area is 154 Å². The fraction of sp³-hybridized carbons (Fsp3) is 0.364. The topological polar surface area (TPSA) is 57.6 Å². The van der Waals surface area contributed by atoms with Crippen LogP contribution in [0.15, 0.2) is 48.5 Å². The van der Waals surface area contributed by atoms with Gasteiger partial charge in [-0.15, -0.1) is 0 Å². The summed E-state index contributed by atoms with van der Waals surface area (Å²) in [6.45, 7) is 4.88. The number of nitrogens with zero attached hydrogens (tertiary/aromatic N) is 1. The quantitative estimate of drug-likeness (QED) is 0.896. The smallest absolute Gasteiger partial charge is 0.308 e. The molecule has 1 fully saturated rings. The first-order valence-corrected chi connectivity index (χ1v) is 9.06. The maximum atomic E-state index is 12.7. The number of hydrogen-bond acceptors (Lipinski definition) is 2. The zero-order valence-corrected chi connectivity index (χ0v) is 15.3. The van der Waals surface area contributed by atoms with Crippen molar-refractivity contribution in [1.29, 1.82) is 0 Å². The summed E-state index contributed by atoms with van der Waals surface area (Å²) >= 11 is 0. The highest BCUT2D eigenvalue weighted by Crippen LogP contribution is 2.33. The van der Waals surface area contributed by atoms with Gasteiger partial charge in [-0.05, 0) is 31.4 Å². The lowest BCUT2D eigenvalue weighted by atomic mass is 9.89. The van der Waals surface area contributed by atoms with E-state index in [1.165, 1.54) is 11.1 Å². The van der Waals surface area contributed by atoms with E-state index in [1.807, 2.05) is 30.3 Å². The van der Waals surface area contributed by atoms with Gasteiger partial charge in [0.2, 0.25) is 5.91 Å².